The minimum Gasteiger partial charge on any atom is -0.481 e. The summed E-state index contributed by atoms with van der Waals surface area (Å²) in [6, 6.07) is 15.1. The van der Waals surface area contributed by atoms with Crippen LogP contribution in [0.4, 0.5) is 5.69 Å². The zero-order valence-electron chi connectivity index (χ0n) is 16.3. The summed E-state index contributed by atoms with van der Waals surface area (Å²) in [6.45, 7) is 2.67. The van der Waals surface area contributed by atoms with Crippen LogP contribution in [-0.4, -0.2) is 26.8 Å². The second kappa shape index (κ2) is 8.78. The minimum absolute atomic E-state index is 0.204. The number of rotatable bonds is 5. The molecular formula is C22H23BrN4O2. The Morgan fingerprint density at radius 1 is 1.14 bits per heavy atom. The van der Waals surface area contributed by atoms with E-state index < -0.39 is 6.10 Å². The van der Waals surface area contributed by atoms with Gasteiger partial charge in [-0.05, 0) is 56.2 Å². The van der Waals surface area contributed by atoms with Crippen LogP contribution < -0.4 is 10.1 Å². The Labute approximate surface area is 178 Å². The van der Waals surface area contributed by atoms with E-state index >= 15 is 0 Å². The second-order valence-electron chi connectivity index (χ2n) is 7.19. The first-order chi connectivity index (χ1) is 14.1. The summed E-state index contributed by atoms with van der Waals surface area (Å²) in [5, 5.41) is 11.7. The lowest BCUT2D eigenvalue weighted by molar-refractivity contribution is -0.122. The number of amides is 1. The van der Waals surface area contributed by atoms with Gasteiger partial charge in [0.1, 0.15) is 11.6 Å². The molecule has 150 valence electrons. The second-order valence-corrected chi connectivity index (χ2v) is 8.10. The van der Waals surface area contributed by atoms with Gasteiger partial charge in [0.15, 0.2) is 11.9 Å². The van der Waals surface area contributed by atoms with Crippen molar-refractivity contribution < 1.29 is 9.53 Å². The number of hydrogen-bond acceptors (Lipinski definition) is 4. The van der Waals surface area contributed by atoms with Crippen LogP contribution in [0.25, 0.3) is 11.4 Å². The van der Waals surface area contributed by atoms with Crippen molar-refractivity contribution in [3.05, 3.63) is 58.8 Å². The third-order valence-corrected chi connectivity index (χ3v) is 5.52. The van der Waals surface area contributed by atoms with Crippen molar-refractivity contribution in [2.75, 3.05) is 5.32 Å². The van der Waals surface area contributed by atoms with Gasteiger partial charge in [-0.25, -0.2) is 0 Å². The first-order valence-corrected chi connectivity index (χ1v) is 10.6. The Morgan fingerprint density at radius 3 is 2.79 bits per heavy atom. The standard InChI is InChI=1S/C22H23BrN4O2/c1-15(29-19-11-9-17(23)10-12-19)22(28)24-18-7-5-6-16(14-18)21-26-25-20-8-3-2-4-13-27(20)21/h5-7,9-12,14-15H,2-4,8,13H2,1H3,(H,24,28). The smallest absolute Gasteiger partial charge is 0.265 e. The number of fused-ring (bicyclic) bond motifs is 1. The number of hydrogen-bond donors (Lipinski definition) is 1. The predicted molar refractivity (Wildman–Crippen MR) is 116 cm³/mol. The van der Waals surface area contributed by atoms with Crippen molar-refractivity contribution in [2.45, 2.75) is 45.3 Å². The maximum absolute atomic E-state index is 12.6. The molecule has 1 aliphatic heterocycles. The van der Waals surface area contributed by atoms with E-state index in [4.69, 9.17) is 4.74 Å². The fraction of sp³-hybridized carbons (Fsp3) is 0.318. The number of aryl methyl sites for hydroxylation is 1. The van der Waals surface area contributed by atoms with Gasteiger partial charge in [-0.15, -0.1) is 10.2 Å². The van der Waals surface area contributed by atoms with Crippen LogP contribution in [0.3, 0.4) is 0 Å². The van der Waals surface area contributed by atoms with Gasteiger partial charge < -0.3 is 14.6 Å². The zero-order chi connectivity index (χ0) is 20.2. The third-order valence-electron chi connectivity index (χ3n) is 4.99. The van der Waals surface area contributed by atoms with Crippen LogP contribution in [0.2, 0.25) is 0 Å². The number of anilines is 1. The molecule has 0 saturated heterocycles. The molecule has 4 rings (SSSR count). The third kappa shape index (κ3) is 4.67. The molecule has 3 aromatic rings. The normalized spacial score (nSPS) is 14.6. The van der Waals surface area contributed by atoms with Crippen molar-refractivity contribution >= 4 is 27.5 Å². The van der Waals surface area contributed by atoms with Gasteiger partial charge in [0, 0.05) is 28.7 Å². The van der Waals surface area contributed by atoms with Crippen LogP contribution in [-0.2, 0) is 17.8 Å². The molecule has 1 amide bonds. The highest BCUT2D eigenvalue weighted by atomic mass is 79.9. The highest BCUT2D eigenvalue weighted by molar-refractivity contribution is 9.10. The molecule has 7 heteroatoms. The van der Waals surface area contributed by atoms with E-state index in [1.807, 2.05) is 48.5 Å². The first-order valence-electron chi connectivity index (χ1n) is 9.86. The summed E-state index contributed by atoms with van der Waals surface area (Å²) >= 11 is 3.39. The predicted octanol–water partition coefficient (Wildman–Crippen LogP) is 4.84. The SMILES string of the molecule is CC(Oc1ccc(Br)cc1)C(=O)Nc1cccc(-c2nnc3n2CCCCC3)c1. The Bertz CT molecular complexity index is 1000. The molecule has 2 aromatic carbocycles. The minimum atomic E-state index is -0.621. The highest BCUT2D eigenvalue weighted by Gasteiger charge is 2.18. The molecule has 0 bridgehead atoms. The van der Waals surface area contributed by atoms with Crippen LogP contribution in [0, 0.1) is 0 Å². The summed E-state index contributed by atoms with van der Waals surface area (Å²) in [5.74, 6) is 2.35. The number of benzene rings is 2. The Balaban J connectivity index is 1.47. The average molecular weight is 455 g/mol. The van der Waals surface area contributed by atoms with Crippen molar-refractivity contribution in [1.29, 1.82) is 0 Å². The molecule has 0 saturated carbocycles. The van der Waals surface area contributed by atoms with Gasteiger partial charge >= 0.3 is 0 Å². The fourth-order valence-electron chi connectivity index (χ4n) is 3.45. The van der Waals surface area contributed by atoms with E-state index in [2.05, 4.69) is 36.0 Å². The number of nitrogens with zero attached hydrogens (tertiary/aromatic N) is 3. The fourth-order valence-corrected chi connectivity index (χ4v) is 3.71. The van der Waals surface area contributed by atoms with E-state index in [0.717, 1.165) is 47.5 Å². The molecule has 1 aliphatic rings. The number of carbonyl (C=O) groups excluding carboxylic acids is 1. The molecular weight excluding hydrogens is 432 g/mol. The highest BCUT2D eigenvalue weighted by Crippen LogP contribution is 2.25. The molecule has 0 spiro atoms. The lowest BCUT2D eigenvalue weighted by Crippen LogP contribution is -2.30. The average Bonchev–Trinajstić information content (AvgIpc) is 2.98. The summed E-state index contributed by atoms with van der Waals surface area (Å²) < 4.78 is 8.90. The van der Waals surface area contributed by atoms with Gasteiger partial charge in [-0.2, -0.15) is 0 Å². The zero-order valence-corrected chi connectivity index (χ0v) is 17.9. The summed E-state index contributed by atoms with van der Waals surface area (Å²) in [4.78, 5) is 12.6. The molecule has 2 heterocycles. The lowest BCUT2D eigenvalue weighted by Gasteiger charge is -2.15. The van der Waals surface area contributed by atoms with Crippen molar-refractivity contribution in [3.63, 3.8) is 0 Å². The van der Waals surface area contributed by atoms with Gasteiger partial charge in [-0.3, -0.25) is 4.79 Å². The monoisotopic (exact) mass is 454 g/mol. The van der Waals surface area contributed by atoms with E-state index in [0.29, 0.717) is 11.4 Å². The van der Waals surface area contributed by atoms with Gasteiger partial charge in [0.25, 0.3) is 5.91 Å². The molecule has 1 N–H and O–H groups in total. The molecule has 0 radical (unpaired) electrons. The molecule has 6 nitrogen and oxygen atoms in total. The Morgan fingerprint density at radius 2 is 1.97 bits per heavy atom. The molecule has 29 heavy (non-hydrogen) atoms. The van der Waals surface area contributed by atoms with Crippen LogP contribution in [0.15, 0.2) is 53.0 Å². The van der Waals surface area contributed by atoms with Crippen molar-refractivity contribution in [1.82, 2.24) is 14.8 Å². The molecule has 0 fully saturated rings. The number of ether oxygens (including phenoxy) is 1. The largest absolute Gasteiger partial charge is 0.481 e. The summed E-state index contributed by atoms with van der Waals surface area (Å²) in [7, 11) is 0. The van der Waals surface area contributed by atoms with Crippen LogP contribution in [0.1, 0.15) is 32.0 Å². The summed E-state index contributed by atoms with van der Waals surface area (Å²) in [5.41, 5.74) is 1.66. The quantitative estimate of drug-likeness (QED) is 0.598. The number of aromatic nitrogens is 3. The van der Waals surface area contributed by atoms with Crippen molar-refractivity contribution in [3.8, 4) is 17.1 Å². The number of carbonyl (C=O) groups is 1. The van der Waals surface area contributed by atoms with E-state index in [-0.39, 0.29) is 5.91 Å². The molecule has 0 aliphatic carbocycles. The summed E-state index contributed by atoms with van der Waals surface area (Å²) in [6.07, 6.45) is 3.86. The maximum atomic E-state index is 12.6. The Kier molecular flexibility index (Phi) is 5.94. The molecule has 1 aromatic heterocycles. The van der Waals surface area contributed by atoms with E-state index in [1.54, 1.807) is 6.92 Å². The molecule has 1 unspecified atom stereocenters. The molecule has 1 atom stereocenters. The lowest BCUT2D eigenvalue weighted by atomic mass is 10.1. The maximum Gasteiger partial charge on any atom is 0.265 e. The number of nitrogens with one attached hydrogen (secondary N) is 1. The Hall–Kier alpha value is -2.67. The van der Waals surface area contributed by atoms with Crippen molar-refractivity contribution in [2.24, 2.45) is 0 Å². The topological polar surface area (TPSA) is 69.0 Å². The van der Waals surface area contributed by atoms with Gasteiger partial charge in [0.2, 0.25) is 0 Å². The van der Waals surface area contributed by atoms with Crippen LogP contribution in [0.5, 0.6) is 5.75 Å². The van der Waals surface area contributed by atoms with Crippen LogP contribution >= 0.6 is 15.9 Å². The first kappa shape index (κ1) is 19.6. The van der Waals surface area contributed by atoms with E-state index in [9.17, 15) is 4.79 Å². The van der Waals surface area contributed by atoms with Gasteiger partial charge in [-0.1, -0.05) is 34.5 Å². The van der Waals surface area contributed by atoms with E-state index in [1.165, 1.54) is 6.42 Å². The van der Waals surface area contributed by atoms with Gasteiger partial charge in [0.05, 0.1) is 0 Å². The number of halogens is 1.